The molecule has 4 rings (SSSR count). The lowest BCUT2D eigenvalue weighted by Crippen LogP contribution is -2.07. The highest BCUT2D eigenvalue weighted by molar-refractivity contribution is 5.63. The smallest absolute Gasteiger partial charge is 0.154 e. The van der Waals surface area contributed by atoms with E-state index < -0.39 is 0 Å². The van der Waals surface area contributed by atoms with Crippen LogP contribution < -0.4 is 5.32 Å². The van der Waals surface area contributed by atoms with E-state index in [1.807, 2.05) is 47.2 Å². The minimum absolute atomic E-state index is 0.846. The first kappa shape index (κ1) is 15.4. The number of aromatic amines is 1. The number of fused-ring (bicyclic) bond motifs is 1. The van der Waals surface area contributed by atoms with Gasteiger partial charge in [0.1, 0.15) is 5.82 Å². The van der Waals surface area contributed by atoms with Crippen molar-refractivity contribution >= 4 is 11.5 Å². The van der Waals surface area contributed by atoms with Crippen molar-refractivity contribution in [2.45, 2.75) is 19.8 Å². The van der Waals surface area contributed by atoms with Gasteiger partial charge in [-0.05, 0) is 37.5 Å². The van der Waals surface area contributed by atoms with E-state index in [2.05, 4.69) is 44.7 Å². The fraction of sp³-hybridized carbons (Fsp3) is 0.211. The average molecular weight is 332 g/mol. The Labute approximate surface area is 145 Å². The van der Waals surface area contributed by atoms with Gasteiger partial charge in [-0.25, -0.2) is 9.50 Å². The molecule has 3 heterocycles. The van der Waals surface area contributed by atoms with Crippen LogP contribution in [-0.2, 0) is 6.42 Å². The van der Waals surface area contributed by atoms with Crippen molar-refractivity contribution in [2.75, 3.05) is 11.9 Å². The maximum Gasteiger partial charge on any atom is 0.154 e. The zero-order valence-corrected chi connectivity index (χ0v) is 14.1. The summed E-state index contributed by atoms with van der Waals surface area (Å²) in [5.41, 5.74) is 5.36. The van der Waals surface area contributed by atoms with Gasteiger partial charge in [0, 0.05) is 17.8 Å². The van der Waals surface area contributed by atoms with Crippen LogP contribution in [0.25, 0.3) is 16.9 Å². The van der Waals surface area contributed by atoms with Crippen molar-refractivity contribution < 1.29 is 0 Å². The molecule has 0 saturated heterocycles. The molecule has 0 unspecified atom stereocenters. The number of rotatable bonds is 6. The summed E-state index contributed by atoms with van der Waals surface area (Å²) < 4.78 is 1.89. The van der Waals surface area contributed by atoms with Crippen LogP contribution in [0.15, 0.2) is 54.9 Å². The predicted octanol–water partition coefficient (Wildman–Crippen LogP) is 3.47. The van der Waals surface area contributed by atoms with Gasteiger partial charge in [0.05, 0.1) is 18.1 Å². The summed E-state index contributed by atoms with van der Waals surface area (Å²) in [4.78, 5) is 4.44. The fourth-order valence-electron chi connectivity index (χ4n) is 2.90. The van der Waals surface area contributed by atoms with E-state index in [1.165, 1.54) is 5.56 Å². The molecule has 0 fully saturated rings. The molecule has 0 bridgehead atoms. The van der Waals surface area contributed by atoms with Gasteiger partial charge in [-0.15, -0.1) is 5.10 Å². The van der Waals surface area contributed by atoms with Crippen molar-refractivity contribution in [1.29, 1.82) is 0 Å². The molecule has 25 heavy (non-hydrogen) atoms. The van der Waals surface area contributed by atoms with Gasteiger partial charge in [-0.1, -0.05) is 30.3 Å². The molecule has 126 valence electrons. The largest absolute Gasteiger partial charge is 0.369 e. The Morgan fingerprint density at radius 2 is 1.96 bits per heavy atom. The topological polar surface area (TPSA) is 70.9 Å². The Hall–Kier alpha value is -3.15. The molecule has 0 atom stereocenters. The average Bonchev–Trinajstić information content (AvgIpc) is 3.25. The molecule has 0 aliphatic heterocycles. The molecule has 6 nitrogen and oxygen atoms in total. The van der Waals surface area contributed by atoms with Crippen LogP contribution in [0.2, 0.25) is 0 Å². The normalized spacial score (nSPS) is 11.1. The molecule has 2 N–H and O–H groups in total. The first-order valence-electron chi connectivity index (χ1n) is 8.44. The first-order chi connectivity index (χ1) is 12.3. The van der Waals surface area contributed by atoms with Gasteiger partial charge in [0.25, 0.3) is 0 Å². The highest BCUT2D eigenvalue weighted by Gasteiger charge is 2.07. The number of nitrogens with zero attached hydrogens (tertiary/aromatic N) is 4. The highest BCUT2D eigenvalue weighted by Crippen LogP contribution is 2.20. The van der Waals surface area contributed by atoms with Crippen molar-refractivity contribution in [3.05, 3.63) is 66.1 Å². The summed E-state index contributed by atoms with van der Waals surface area (Å²) in [6.07, 6.45) is 5.79. The van der Waals surface area contributed by atoms with Crippen molar-refractivity contribution in [1.82, 2.24) is 24.8 Å². The van der Waals surface area contributed by atoms with E-state index in [-0.39, 0.29) is 0 Å². The van der Waals surface area contributed by atoms with Gasteiger partial charge in [0.2, 0.25) is 0 Å². The summed E-state index contributed by atoms with van der Waals surface area (Å²) in [6.45, 7) is 2.91. The molecule has 0 spiro atoms. The molecule has 4 aromatic rings. The lowest BCUT2D eigenvalue weighted by molar-refractivity contribution is 0.842. The van der Waals surface area contributed by atoms with E-state index in [1.54, 1.807) is 0 Å². The second-order valence-corrected chi connectivity index (χ2v) is 6.05. The third kappa shape index (κ3) is 3.24. The van der Waals surface area contributed by atoms with Gasteiger partial charge in [-0.3, -0.25) is 5.10 Å². The summed E-state index contributed by atoms with van der Waals surface area (Å²) in [6, 6.07) is 14.2. The van der Waals surface area contributed by atoms with Crippen molar-refractivity contribution in [3.8, 4) is 11.3 Å². The molecule has 6 heteroatoms. The van der Waals surface area contributed by atoms with Crippen LogP contribution in [0.1, 0.15) is 17.7 Å². The van der Waals surface area contributed by atoms with Crippen LogP contribution >= 0.6 is 0 Å². The second-order valence-electron chi connectivity index (χ2n) is 6.05. The SMILES string of the molecule is Cc1[nH]ncc1CCCNc1ccc2ncc(-c3ccccc3)n2n1. The number of H-pyrrole nitrogens is 1. The molecule has 0 saturated carbocycles. The third-order valence-electron chi connectivity index (χ3n) is 4.30. The minimum atomic E-state index is 0.846. The van der Waals surface area contributed by atoms with E-state index in [0.29, 0.717) is 0 Å². The van der Waals surface area contributed by atoms with E-state index in [4.69, 9.17) is 0 Å². The number of anilines is 1. The van der Waals surface area contributed by atoms with Crippen molar-refractivity contribution in [3.63, 3.8) is 0 Å². The van der Waals surface area contributed by atoms with Crippen LogP contribution in [0.4, 0.5) is 5.82 Å². The lowest BCUT2D eigenvalue weighted by atomic mass is 10.1. The monoisotopic (exact) mass is 332 g/mol. The molecule has 0 aliphatic rings. The Morgan fingerprint density at radius 3 is 2.76 bits per heavy atom. The standard InChI is InChI=1S/C19H20N6/c1-14-16(12-22-23-14)8-5-11-20-18-9-10-19-21-13-17(25(19)24-18)15-6-3-2-4-7-15/h2-4,6-7,9-10,12-13H,5,8,11H2,1H3,(H,20,24)(H,22,23). The van der Waals surface area contributed by atoms with E-state index in [9.17, 15) is 0 Å². The van der Waals surface area contributed by atoms with Gasteiger partial charge in [0.15, 0.2) is 5.65 Å². The maximum absolute atomic E-state index is 4.69. The number of benzene rings is 1. The van der Waals surface area contributed by atoms with Crippen LogP contribution in [-0.4, -0.2) is 31.3 Å². The third-order valence-corrected chi connectivity index (χ3v) is 4.30. The second kappa shape index (κ2) is 6.76. The first-order valence-corrected chi connectivity index (χ1v) is 8.44. The van der Waals surface area contributed by atoms with Gasteiger partial charge >= 0.3 is 0 Å². The van der Waals surface area contributed by atoms with Crippen LogP contribution in [0.3, 0.4) is 0 Å². The molecule has 0 amide bonds. The molecular formula is C19H20N6. The number of aryl methyl sites for hydroxylation is 2. The summed E-state index contributed by atoms with van der Waals surface area (Å²) in [5, 5.41) is 15.1. The molecule has 3 aromatic heterocycles. The highest BCUT2D eigenvalue weighted by atomic mass is 15.3. The molecule has 1 aromatic carbocycles. The van der Waals surface area contributed by atoms with Gasteiger partial charge < -0.3 is 5.32 Å². The molecule has 0 radical (unpaired) electrons. The zero-order chi connectivity index (χ0) is 17.1. The Morgan fingerprint density at radius 1 is 1.08 bits per heavy atom. The lowest BCUT2D eigenvalue weighted by Gasteiger charge is -2.07. The Balaban J connectivity index is 1.46. The quantitative estimate of drug-likeness (QED) is 0.530. The van der Waals surface area contributed by atoms with Crippen LogP contribution in [0, 0.1) is 6.92 Å². The van der Waals surface area contributed by atoms with E-state index in [0.717, 1.165) is 47.8 Å². The van der Waals surface area contributed by atoms with Crippen LogP contribution in [0.5, 0.6) is 0 Å². The minimum Gasteiger partial charge on any atom is -0.369 e. The number of aromatic nitrogens is 5. The number of imidazole rings is 1. The Kier molecular flexibility index (Phi) is 4.16. The van der Waals surface area contributed by atoms with Crippen molar-refractivity contribution in [2.24, 2.45) is 0 Å². The molecule has 0 aliphatic carbocycles. The Bertz CT molecular complexity index is 970. The summed E-state index contributed by atoms with van der Waals surface area (Å²) >= 11 is 0. The maximum atomic E-state index is 4.69. The number of hydrogen-bond acceptors (Lipinski definition) is 4. The number of nitrogens with one attached hydrogen (secondary N) is 2. The fourth-order valence-corrected chi connectivity index (χ4v) is 2.90. The number of hydrogen-bond donors (Lipinski definition) is 2. The van der Waals surface area contributed by atoms with Gasteiger partial charge in [-0.2, -0.15) is 5.10 Å². The van der Waals surface area contributed by atoms with E-state index >= 15 is 0 Å². The molecular weight excluding hydrogens is 312 g/mol. The predicted molar refractivity (Wildman–Crippen MR) is 98.6 cm³/mol. The summed E-state index contributed by atoms with van der Waals surface area (Å²) in [7, 11) is 0. The summed E-state index contributed by atoms with van der Waals surface area (Å²) in [5.74, 6) is 0.853. The zero-order valence-electron chi connectivity index (χ0n) is 14.1.